The second kappa shape index (κ2) is 4.53. The molecule has 3 heteroatoms. The molecule has 3 rings (SSSR count). The van der Waals surface area contributed by atoms with Crippen LogP contribution in [-0.2, 0) is 6.42 Å². The topological polar surface area (TPSA) is 37.9 Å². The van der Waals surface area contributed by atoms with Crippen molar-refractivity contribution in [3.8, 4) is 5.88 Å². The van der Waals surface area contributed by atoms with E-state index >= 15 is 0 Å². The number of hydrogen-bond acceptors (Lipinski definition) is 2. The minimum absolute atomic E-state index is 0.649. The Labute approximate surface area is 105 Å². The van der Waals surface area contributed by atoms with Crippen LogP contribution in [0.1, 0.15) is 11.1 Å². The van der Waals surface area contributed by atoms with Crippen LogP contribution < -0.4 is 4.74 Å². The molecule has 0 amide bonds. The number of benzene rings is 1. The molecule has 3 nitrogen and oxygen atoms in total. The van der Waals surface area contributed by atoms with Crippen molar-refractivity contribution >= 4 is 11.0 Å². The fourth-order valence-corrected chi connectivity index (χ4v) is 2.10. The van der Waals surface area contributed by atoms with Crippen LogP contribution in [0, 0.1) is 0 Å². The zero-order valence-corrected chi connectivity index (χ0v) is 10.2. The first-order valence-corrected chi connectivity index (χ1v) is 5.92. The number of rotatable bonds is 3. The van der Waals surface area contributed by atoms with Crippen molar-refractivity contribution in [3.63, 3.8) is 0 Å². The Kier molecular flexibility index (Phi) is 2.73. The lowest BCUT2D eigenvalue weighted by molar-refractivity contribution is 0.399. The van der Waals surface area contributed by atoms with Crippen molar-refractivity contribution in [2.75, 3.05) is 7.11 Å². The van der Waals surface area contributed by atoms with Gasteiger partial charge in [-0.25, -0.2) is 4.98 Å². The third-order valence-electron chi connectivity index (χ3n) is 3.02. The molecular formula is C15H14N2O. The van der Waals surface area contributed by atoms with Crippen molar-refractivity contribution in [1.82, 2.24) is 9.97 Å². The molecule has 0 atom stereocenters. The molecule has 0 unspecified atom stereocenters. The minimum atomic E-state index is 0.649. The molecule has 0 aliphatic rings. The third-order valence-corrected chi connectivity index (χ3v) is 3.02. The molecule has 3 aromatic rings. The average molecular weight is 238 g/mol. The summed E-state index contributed by atoms with van der Waals surface area (Å²) < 4.78 is 5.17. The zero-order chi connectivity index (χ0) is 12.4. The van der Waals surface area contributed by atoms with Gasteiger partial charge in [0.1, 0.15) is 0 Å². The third kappa shape index (κ3) is 1.95. The molecule has 1 N–H and O–H groups in total. The standard InChI is InChI=1S/C15H14N2O/c1-18-14-8-7-13-15(17-14)12(10-16-13)9-11-5-3-2-4-6-11/h2-8,10,16H,9H2,1H3. The lowest BCUT2D eigenvalue weighted by Crippen LogP contribution is -1.90. The van der Waals surface area contributed by atoms with Gasteiger partial charge in [0.2, 0.25) is 5.88 Å². The normalized spacial score (nSPS) is 10.7. The van der Waals surface area contributed by atoms with Crippen LogP contribution in [0.25, 0.3) is 11.0 Å². The number of H-pyrrole nitrogens is 1. The van der Waals surface area contributed by atoms with Gasteiger partial charge in [-0.2, -0.15) is 0 Å². The number of ether oxygens (including phenoxy) is 1. The average Bonchev–Trinajstić information content (AvgIpc) is 2.82. The van der Waals surface area contributed by atoms with Gasteiger partial charge in [-0.1, -0.05) is 30.3 Å². The number of fused-ring (bicyclic) bond motifs is 1. The first-order valence-electron chi connectivity index (χ1n) is 5.92. The van der Waals surface area contributed by atoms with Crippen molar-refractivity contribution in [2.45, 2.75) is 6.42 Å². The SMILES string of the molecule is COc1ccc2[nH]cc(Cc3ccccc3)c2n1. The molecule has 90 valence electrons. The van der Waals surface area contributed by atoms with Crippen LogP contribution in [0.4, 0.5) is 0 Å². The lowest BCUT2D eigenvalue weighted by atomic mass is 10.1. The van der Waals surface area contributed by atoms with Crippen molar-refractivity contribution in [1.29, 1.82) is 0 Å². The maximum atomic E-state index is 5.17. The van der Waals surface area contributed by atoms with Gasteiger partial charge >= 0.3 is 0 Å². The highest BCUT2D eigenvalue weighted by Gasteiger charge is 2.07. The predicted molar refractivity (Wildman–Crippen MR) is 71.9 cm³/mol. The second-order valence-electron chi connectivity index (χ2n) is 4.23. The van der Waals surface area contributed by atoms with Gasteiger partial charge in [-0.15, -0.1) is 0 Å². The highest BCUT2D eigenvalue weighted by atomic mass is 16.5. The van der Waals surface area contributed by atoms with E-state index in [4.69, 9.17) is 4.74 Å². The summed E-state index contributed by atoms with van der Waals surface area (Å²) in [5, 5.41) is 0. The molecule has 0 radical (unpaired) electrons. The molecule has 2 aromatic heterocycles. The molecule has 0 spiro atoms. The molecule has 0 saturated carbocycles. The first-order chi connectivity index (χ1) is 8.86. The number of nitrogens with zero attached hydrogens (tertiary/aromatic N) is 1. The van der Waals surface area contributed by atoms with Crippen molar-refractivity contribution in [2.24, 2.45) is 0 Å². The van der Waals surface area contributed by atoms with Gasteiger partial charge in [0.15, 0.2) is 0 Å². The lowest BCUT2D eigenvalue weighted by Gasteiger charge is -2.01. The van der Waals surface area contributed by atoms with Crippen LogP contribution in [0.3, 0.4) is 0 Å². The fourth-order valence-electron chi connectivity index (χ4n) is 2.10. The van der Waals surface area contributed by atoms with Gasteiger partial charge in [0.05, 0.1) is 18.1 Å². The van der Waals surface area contributed by atoms with Crippen LogP contribution in [0.5, 0.6) is 5.88 Å². The summed E-state index contributed by atoms with van der Waals surface area (Å²) in [6.45, 7) is 0. The Bertz CT molecular complexity index is 659. The van der Waals surface area contributed by atoms with Gasteiger partial charge in [-0.05, 0) is 11.6 Å². The predicted octanol–water partition coefficient (Wildman–Crippen LogP) is 3.16. The van der Waals surface area contributed by atoms with Gasteiger partial charge in [0.25, 0.3) is 0 Å². The maximum Gasteiger partial charge on any atom is 0.213 e. The summed E-state index contributed by atoms with van der Waals surface area (Å²) in [6.07, 6.45) is 2.89. The van der Waals surface area contributed by atoms with Gasteiger partial charge in [0, 0.05) is 24.2 Å². The van der Waals surface area contributed by atoms with Crippen molar-refractivity contribution < 1.29 is 4.74 Å². The molecule has 18 heavy (non-hydrogen) atoms. The zero-order valence-electron chi connectivity index (χ0n) is 10.2. The number of pyridine rings is 1. The van der Waals surface area contributed by atoms with E-state index in [2.05, 4.69) is 34.2 Å². The summed E-state index contributed by atoms with van der Waals surface area (Å²) in [7, 11) is 1.64. The summed E-state index contributed by atoms with van der Waals surface area (Å²) in [5.41, 5.74) is 4.50. The molecule has 0 bridgehead atoms. The highest BCUT2D eigenvalue weighted by molar-refractivity contribution is 5.79. The molecule has 2 heterocycles. The monoisotopic (exact) mass is 238 g/mol. The Balaban J connectivity index is 2.01. The smallest absolute Gasteiger partial charge is 0.213 e. The second-order valence-corrected chi connectivity index (χ2v) is 4.23. The molecular weight excluding hydrogens is 224 g/mol. The van der Waals surface area contributed by atoms with E-state index in [0.717, 1.165) is 17.5 Å². The summed E-state index contributed by atoms with van der Waals surface area (Å²) >= 11 is 0. The molecule has 1 aromatic carbocycles. The highest BCUT2D eigenvalue weighted by Crippen LogP contribution is 2.21. The van der Waals surface area contributed by atoms with Crippen molar-refractivity contribution in [3.05, 3.63) is 59.8 Å². The Morgan fingerprint density at radius 1 is 1.11 bits per heavy atom. The van der Waals surface area contributed by atoms with E-state index in [1.54, 1.807) is 7.11 Å². The van der Waals surface area contributed by atoms with Crippen LogP contribution in [0.2, 0.25) is 0 Å². The quantitative estimate of drug-likeness (QED) is 0.761. The van der Waals surface area contributed by atoms with E-state index < -0.39 is 0 Å². The minimum Gasteiger partial charge on any atom is -0.481 e. The molecule has 0 fully saturated rings. The van der Waals surface area contributed by atoms with Gasteiger partial charge in [-0.3, -0.25) is 0 Å². The van der Waals surface area contributed by atoms with Gasteiger partial charge < -0.3 is 9.72 Å². The molecule has 0 aliphatic carbocycles. The Morgan fingerprint density at radius 2 is 1.94 bits per heavy atom. The van der Waals surface area contributed by atoms with E-state index in [-0.39, 0.29) is 0 Å². The molecule has 0 aliphatic heterocycles. The summed E-state index contributed by atoms with van der Waals surface area (Å²) in [5.74, 6) is 0.649. The molecule has 0 saturated heterocycles. The first kappa shape index (κ1) is 10.8. The van der Waals surface area contributed by atoms with E-state index in [9.17, 15) is 0 Å². The largest absolute Gasteiger partial charge is 0.481 e. The summed E-state index contributed by atoms with van der Waals surface area (Å²) in [4.78, 5) is 7.74. The maximum absolute atomic E-state index is 5.17. The Morgan fingerprint density at radius 3 is 2.72 bits per heavy atom. The van der Waals surface area contributed by atoms with Crippen LogP contribution in [0.15, 0.2) is 48.7 Å². The van der Waals surface area contributed by atoms with E-state index in [0.29, 0.717) is 5.88 Å². The number of aromatic amines is 1. The fraction of sp³-hybridized carbons (Fsp3) is 0.133. The summed E-state index contributed by atoms with van der Waals surface area (Å²) in [6, 6.07) is 14.2. The van der Waals surface area contributed by atoms with Crippen LogP contribution in [-0.4, -0.2) is 17.1 Å². The Hall–Kier alpha value is -2.29. The van der Waals surface area contributed by atoms with E-state index in [1.165, 1.54) is 11.1 Å². The van der Waals surface area contributed by atoms with E-state index in [1.807, 2.05) is 24.4 Å². The number of methoxy groups -OCH3 is 1. The van der Waals surface area contributed by atoms with Crippen LogP contribution >= 0.6 is 0 Å². The number of aromatic nitrogens is 2. The number of hydrogen-bond donors (Lipinski definition) is 1. The number of nitrogens with one attached hydrogen (secondary N) is 1.